The van der Waals surface area contributed by atoms with Crippen LogP contribution in [0.3, 0.4) is 0 Å². The number of hydrogen-bond donors (Lipinski definition) is 4. The number of aliphatic carboxylic acids is 1. The van der Waals surface area contributed by atoms with Crippen LogP contribution in [0, 0.1) is 0 Å². The summed E-state index contributed by atoms with van der Waals surface area (Å²) >= 11 is 0. The number of alkyl carbamates (subject to hydrolysis) is 2. The van der Waals surface area contributed by atoms with E-state index in [9.17, 15) is 9.59 Å². The van der Waals surface area contributed by atoms with Crippen molar-refractivity contribution < 1.29 is 29.0 Å². The number of nitrogens with one attached hydrogen (secondary N) is 3. The summed E-state index contributed by atoms with van der Waals surface area (Å²) in [6.45, 7) is 6.85. The van der Waals surface area contributed by atoms with E-state index in [2.05, 4.69) is 22.9 Å². The Kier molecular flexibility index (Phi) is 18.9. The number of rotatable bonds is 13. The predicted molar refractivity (Wildman–Crippen MR) is 116 cm³/mol. The van der Waals surface area contributed by atoms with Gasteiger partial charge in [-0.15, -0.1) is 0 Å². The van der Waals surface area contributed by atoms with E-state index in [1.807, 2.05) is 0 Å². The molecule has 1 rings (SSSR count). The first-order chi connectivity index (χ1) is 14.5. The third-order valence-corrected chi connectivity index (χ3v) is 4.43. The lowest BCUT2D eigenvalue weighted by molar-refractivity contribution is -0.134. The second kappa shape index (κ2) is 20.3. The minimum Gasteiger partial charge on any atom is -0.481 e. The molecule has 0 aliphatic carbocycles. The molecule has 1 fully saturated rings. The zero-order valence-corrected chi connectivity index (χ0v) is 18.7. The van der Waals surface area contributed by atoms with Crippen LogP contribution in [0.5, 0.6) is 0 Å². The third-order valence-electron chi connectivity index (χ3n) is 4.43. The van der Waals surface area contributed by atoms with Gasteiger partial charge in [0.15, 0.2) is 0 Å². The molecule has 0 aromatic heterocycles. The maximum atomic E-state index is 11.6. The number of amides is 2. The number of carboxylic acids is 1. The van der Waals surface area contributed by atoms with Crippen LogP contribution in [0.1, 0.15) is 78.1 Å². The summed E-state index contributed by atoms with van der Waals surface area (Å²) in [5.74, 6) is -0.833. The fourth-order valence-corrected chi connectivity index (χ4v) is 2.84. The van der Waals surface area contributed by atoms with Crippen molar-refractivity contribution in [3.63, 3.8) is 0 Å². The van der Waals surface area contributed by atoms with Crippen LogP contribution in [0.4, 0.5) is 9.59 Å². The van der Waals surface area contributed by atoms with Crippen LogP contribution in [-0.4, -0.2) is 62.2 Å². The minimum absolute atomic E-state index is 0.0474. The van der Waals surface area contributed by atoms with Gasteiger partial charge in [-0.2, -0.15) is 0 Å². The molecule has 176 valence electrons. The van der Waals surface area contributed by atoms with E-state index >= 15 is 0 Å². The van der Waals surface area contributed by atoms with Crippen LogP contribution < -0.4 is 16.0 Å². The fraction of sp³-hybridized carbons (Fsp3) is 0.857. The van der Waals surface area contributed by atoms with Crippen molar-refractivity contribution in [3.8, 4) is 0 Å². The molecule has 1 aliphatic rings. The van der Waals surface area contributed by atoms with Gasteiger partial charge in [-0.05, 0) is 51.6 Å². The highest BCUT2D eigenvalue weighted by Gasteiger charge is 2.16. The highest BCUT2D eigenvalue weighted by molar-refractivity contribution is 5.67. The Morgan fingerprint density at radius 3 is 2.03 bits per heavy atom. The normalized spacial score (nSPS) is 13.5. The Balaban J connectivity index is 0.00000192. The molecule has 0 bridgehead atoms. The molecule has 0 atom stereocenters. The fourth-order valence-electron chi connectivity index (χ4n) is 2.84. The summed E-state index contributed by atoms with van der Waals surface area (Å²) in [5, 5.41) is 16.2. The highest BCUT2D eigenvalue weighted by atomic mass is 16.6. The number of carboxylic acid groups (broad SMARTS) is 1. The average molecular weight is 432 g/mol. The predicted octanol–water partition coefficient (Wildman–Crippen LogP) is 3.42. The Labute approximate surface area is 180 Å². The number of unbranched alkanes of at least 4 members (excludes halogenated alkanes) is 6. The smallest absolute Gasteiger partial charge is 0.407 e. The first-order valence-corrected chi connectivity index (χ1v) is 11.2. The van der Waals surface area contributed by atoms with E-state index in [4.69, 9.17) is 19.4 Å². The van der Waals surface area contributed by atoms with Crippen molar-refractivity contribution in [2.45, 2.75) is 84.2 Å². The molecule has 1 saturated heterocycles. The standard InChI is InChI=1S/C19H37N3O4.C2H4O2/c1-2-3-4-7-12-21-18(23)25-16-9-6-5-8-13-22-19(24)26-17-10-14-20-15-11-17;1-2(3)4/h17,20H,2-16H2,1H3,(H,21,23)(H,22,24);1H3,(H,3,4). The monoisotopic (exact) mass is 431 g/mol. The zero-order chi connectivity index (χ0) is 22.5. The van der Waals surface area contributed by atoms with Crippen LogP contribution in [0.2, 0.25) is 0 Å². The van der Waals surface area contributed by atoms with Gasteiger partial charge in [0, 0.05) is 20.0 Å². The van der Waals surface area contributed by atoms with Crippen LogP contribution >= 0.6 is 0 Å². The molecule has 9 nitrogen and oxygen atoms in total. The van der Waals surface area contributed by atoms with Gasteiger partial charge in [0.1, 0.15) is 6.10 Å². The minimum atomic E-state index is -0.833. The molecule has 0 spiro atoms. The Hall–Kier alpha value is -2.03. The molecular weight excluding hydrogens is 390 g/mol. The number of piperidine rings is 1. The largest absolute Gasteiger partial charge is 0.481 e. The van der Waals surface area contributed by atoms with Gasteiger partial charge in [0.25, 0.3) is 5.97 Å². The molecule has 0 radical (unpaired) electrons. The molecular formula is C21H41N3O6. The van der Waals surface area contributed by atoms with Crippen LogP contribution in [-0.2, 0) is 14.3 Å². The summed E-state index contributed by atoms with van der Waals surface area (Å²) in [6.07, 6.45) is 9.50. The summed E-state index contributed by atoms with van der Waals surface area (Å²) in [4.78, 5) is 32.1. The van der Waals surface area contributed by atoms with Gasteiger partial charge >= 0.3 is 12.2 Å². The maximum Gasteiger partial charge on any atom is 0.407 e. The number of carbonyl (C=O) groups is 3. The molecule has 9 heteroatoms. The molecule has 0 aromatic carbocycles. The van der Waals surface area contributed by atoms with Gasteiger partial charge in [0.2, 0.25) is 0 Å². The quantitative estimate of drug-likeness (QED) is 0.329. The van der Waals surface area contributed by atoms with Crippen molar-refractivity contribution in [2.75, 3.05) is 32.8 Å². The summed E-state index contributed by atoms with van der Waals surface area (Å²) in [5.41, 5.74) is 0. The highest BCUT2D eigenvalue weighted by Crippen LogP contribution is 2.07. The van der Waals surface area contributed by atoms with Crippen LogP contribution in [0.25, 0.3) is 0 Å². The van der Waals surface area contributed by atoms with Gasteiger partial charge in [-0.25, -0.2) is 9.59 Å². The molecule has 0 aromatic rings. The number of hydrogen-bond acceptors (Lipinski definition) is 6. The van der Waals surface area contributed by atoms with Crippen molar-refractivity contribution in [1.82, 2.24) is 16.0 Å². The number of ether oxygens (including phenoxy) is 2. The molecule has 1 aliphatic heterocycles. The van der Waals surface area contributed by atoms with Crippen molar-refractivity contribution in [3.05, 3.63) is 0 Å². The summed E-state index contributed by atoms with van der Waals surface area (Å²) in [7, 11) is 0. The van der Waals surface area contributed by atoms with E-state index < -0.39 is 5.97 Å². The van der Waals surface area contributed by atoms with Gasteiger partial charge in [0.05, 0.1) is 6.61 Å². The van der Waals surface area contributed by atoms with Crippen molar-refractivity contribution >= 4 is 18.2 Å². The van der Waals surface area contributed by atoms with E-state index in [0.717, 1.165) is 71.4 Å². The lowest BCUT2D eigenvalue weighted by Gasteiger charge is -2.22. The van der Waals surface area contributed by atoms with E-state index in [1.165, 1.54) is 12.8 Å². The van der Waals surface area contributed by atoms with Crippen molar-refractivity contribution in [1.29, 1.82) is 0 Å². The molecule has 4 N–H and O–H groups in total. The summed E-state index contributed by atoms with van der Waals surface area (Å²) < 4.78 is 10.5. The molecule has 0 saturated carbocycles. The Bertz CT molecular complexity index is 452. The van der Waals surface area contributed by atoms with E-state index in [0.29, 0.717) is 19.7 Å². The lowest BCUT2D eigenvalue weighted by atomic mass is 10.1. The zero-order valence-electron chi connectivity index (χ0n) is 18.7. The topological polar surface area (TPSA) is 126 Å². The van der Waals surface area contributed by atoms with Gasteiger partial charge in [-0.1, -0.05) is 32.6 Å². The lowest BCUT2D eigenvalue weighted by Crippen LogP contribution is -2.36. The van der Waals surface area contributed by atoms with Crippen LogP contribution in [0.15, 0.2) is 0 Å². The Morgan fingerprint density at radius 2 is 1.43 bits per heavy atom. The SMILES string of the molecule is CC(=O)O.CCCCCCNC(=O)OCCCCCCNC(=O)OC1CCNCC1. The first kappa shape index (κ1) is 28.0. The third kappa shape index (κ3) is 20.7. The van der Waals surface area contributed by atoms with Crippen molar-refractivity contribution in [2.24, 2.45) is 0 Å². The van der Waals surface area contributed by atoms with E-state index in [1.54, 1.807) is 0 Å². The summed E-state index contributed by atoms with van der Waals surface area (Å²) in [6, 6.07) is 0. The molecule has 2 amide bonds. The molecule has 1 heterocycles. The molecule has 30 heavy (non-hydrogen) atoms. The Morgan fingerprint density at radius 1 is 0.900 bits per heavy atom. The van der Waals surface area contributed by atoms with E-state index in [-0.39, 0.29) is 18.3 Å². The van der Waals surface area contributed by atoms with Gasteiger partial charge in [-0.3, -0.25) is 4.79 Å². The second-order valence-corrected chi connectivity index (χ2v) is 7.34. The first-order valence-electron chi connectivity index (χ1n) is 11.2. The maximum absolute atomic E-state index is 11.6. The number of carbonyl (C=O) groups excluding carboxylic acids is 2. The molecule has 0 unspecified atom stereocenters. The van der Waals surface area contributed by atoms with Gasteiger partial charge < -0.3 is 30.5 Å². The average Bonchev–Trinajstić information content (AvgIpc) is 2.70. The second-order valence-electron chi connectivity index (χ2n) is 7.34.